The largest absolute Gasteiger partial charge is 0.372 e. The number of hydrogen-bond acceptors (Lipinski definition) is 4. The molecule has 1 fully saturated rings. The van der Waals surface area contributed by atoms with Crippen molar-refractivity contribution in [1.29, 1.82) is 0 Å². The van der Waals surface area contributed by atoms with E-state index in [0.717, 1.165) is 25.0 Å². The summed E-state index contributed by atoms with van der Waals surface area (Å²) in [5.41, 5.74) is 1.22. The molecule has 2 amide bonds. The Morgan fingerprint density at radius 1 is 1.24 bits per heavy atom. The molecule has 140 valence electrons. The quantitative estimate of drug-likeness (QED) is 0.737. The van der Waals surface area contributed by atoms with Crippen molar-refractivity contribution in [2.24, 2.45) is 7.05 Å². The van der Waals surface area contributed by atoms with E-state index >= 15 is 0 Å². The van der Waals surface area contributed by atoms with Crippen LogP contribution in [0.4, 0.5) is 0 Å². The molecule has 1 aliphatic rings. The van der Waals surface area contributed by atoms with Gasteiger partial charge in [-0.3, -0.25) is 14.3 Å². The van der Waals surface area contributed by atoms with Gasteiger partial charge < -0.3 is 4.74 Å². The SMILES string of the molecule is CCCCOCC(=O)N1CCCN1C(=O)c1cc(C(C)(C)C)nn1C. The molecule has 0 saturated carbocycles. The Kier molecular flexibility index (Phi) is 6.21. The Morgan fingerprint density at radius 2 is 1.92 bits per heavy atom. The minimum atomic E-state index is -0.190. The van der Waals surface area contributed by atoms with Gasteiger partial charge in [-0.1, -0.05) is 34.1 Å². The Labute approximate surface area is 149 Å². The zero-order valence-corrected chi connectivity index (χ0v) is 16.0. The lowest BCUT2D eigenvalue weighted by Crippen LogP contribution is -2.46. The monoisotopic (exact) mass is 350 g/mol. The molecule has 0 bridgehead atoms. The first-order chi connectivity index (χ1) is 11.8. The van der Waals surface area contributed by atoms with Crippen LogP contribution in [0.1, 0.15) is 63.1 Å². The van der Waals surface area contributed by atoms with Gasteiger partial charge >= 0.3 is 0 Å². The molecule has 25 heavy (non-hydrogen) atoms. The van der Waals surface area contributed by atoms with Crippen molar-refractivity contribution in [3.05, 3.63) is 17.5 Å². The maximum absolute atomic E-state index is 12.9. The number of nitrogens with zero attached hydrogens (tertiary/aromatic N) is 4. The number of aromatic nitrogens is 2. The molecule has 7 heteroatoms. The van der Waals surface area contributed by atoms with Gasteiger partial charge in [0.2, 0.25) is 0 Å². The number of amides is 2. The summed E-state index contributed by atoms with van der Waals surface area (Å²) in [5, 5.41) is 7.49. The standard InChI is InChI=1S/C18H30N4O3/c1-6-7-11-25-13-16(23)21-9-8-10-22(21)17(24)14-12-15(18(2,3)4)19-20(14)5/h12H,6-11,13H2,1-5H3. The number of ether oxygens (including phenoxy) is 1. The number of unbranched alkanes of at least 4 members (excludes halogenated alkanes) is 1. The highest BCUT2D eigenvalue weighted by molar-refractivity contribution is 5.94. The van der Waals surface area contributed by atoms with E-state index in [4.69, 9.17) is 4.74 Å². The van der Waals surface area contributed by atoms with E-state index in [1.807, 2.05) is 6.07 Å². The van der Waals surface area contributed by atoms with Crippen LogP contribution in [0.2, 0.25) is 0 Å². The van der Waals surface area contributed by atoms with E-state index in [-0.39, 0.29) is 23.8 Å². The van der Waals surface area contributed by atoms with Crippen LogP contribution in [-0.4, -0.2) is 57.9 Å². The van der Waals surface area contributed by atoms with Crippen molar-refractivity contribution in [1.82, 2.24) is 19.8 Å². The first kappa shape index (κ1) is 19.4. The van der Waals surface area contributed by atoms with E-state index < -0.39 is 0 Å². The van der Waals surface area contributed by atoms with Gasteiger partial charge in [-0.25, -0.2) is 10.0 Å². The number of hydrogen-bond donors (Lipinski definition) is 0. The summed E-state index contributed by atoms with van der Waals surface area (Å²) in [6.07, 6.45) is 2.73. The zero-order valence-electron chi connectivity index (χ0n) is 16.0. The molecule has 0 aliphatic carbocycles. The third-order valence-electron chi connectivity index (χ3n) is 4.29. The van der Waals surface area contributed by atoms with E-state index in [1.54, 1.807) is 11.7 Å². The van der Waals surface area contributed by atoms with E-state index in [2.05, 4.69) is 32.8 Å². The molecule has 0 N–H and O–H groups in total. The van der Waals surface area contributed by atoms with Crippen LogP contribution in [0.5, 0.6) is 0 Å². The smallest absolute Gasteiger partial charge is 0.290 e. The highest BCUT2D eigenvalue weighted by atomic mass is 16.5. The molecular formula is C18H30N4O3. The third-order valence-corrected chi connectivity index (χ3v) is 4.29. The fraction of sp³-hybridized carbons (Fsp3) is 0.722. The summed E-state index contributed by atoms with van der Waals surface area (Å²) in [5.74, 6) is -0.356. The van der Waals surface area contributed by atoms with Crippen molar-refractivity contribution in [2.45, 2.75) is 52.4 Å². The van der Waals surface area contributed by atoms with Crippen LogP contribution in [-0.2, 0) is 22.0 Å². The average Bonchev–Trinajstić information content (AvgIpc) is 3.17. The zero-order chi connectivity index (χ0) is 18.6. The maximum Gasteiger partial charge on any atom is 0.290 e. The molecule has 1 aromatic rings. The normalized spacial score (nSPS) is 15.1. The Bertz CT molecular complexity index is 618. The Balaban J connectivity index is 2.07. The first-order valence-electron chi connectivity index (χ1n) is 9.00. The van der Waals surface area contributed by atoms with Crippen LogP contribution >= 0.6 is 0 Å². The van der Waals surface area contributed by atoms with Gasteiger partial charge in [-0.05, 0) is 18.9 Å². The highest BCUT2D eigenvalue weighted by Crippen LogP contribution is 2.23. The molecule has 1 saturated heterocycles. The van der Waals surface area contributed by atoms with Crippen molar-refractivity contribution in [3.63, 3.8) is 0 Å². The summed E-state index contributed by atoms with van der Waals surface area (Å²) < 4.78 is 7.01. The van der Waals surface area contributed by atoms with E-state index in [9.17, 15) is 9.59 Å². The topological polar surface area (TPSA) is 67.7 Å². The molecule has 0 radical (unpaired) electrons. The maximum atomic E-state index is 12.9. The third kappa shape index (κ3) is 4.60. The van der Waals surface area contributed by atoms with Gasteiger partial charge in [0.25, 0.3) is 11.8 Å². The molecule has 0 unspecified atom stereocenters. The summed E-state index contributed by atoms with van der Waals surface area (Å²) in [4.78, 5) is 25.3. The van der Waals surface area contributed by atoms with Crippen molar-refractivity contribution < 1.29 is 14.3 Å². The van der Waals surface area contributed by atoms with Crippen LogP contribution in [0, 0.1) is 0 Å². The Morgan fingerprint density at radius 3 is 2.52 bits per heavy atom. The summed E-state index contributed by atoms with van der Waals surface area (Å²) >= 11 is 0. The van der Waals surface area contributed by atoms with Crippen molar-refractivity contribution >= 4 is 11.8 Å². The Hall–Kier alpha value is -1.89. The molecule has 0 atom stereocenters. The molecule has 1 aromatic heterocycles. The highest BCUT2D eigenvalue weighted by Gasteiger charge is 2.33. The van der Waals surface area contributed by atoms with E-state index in [1.165, 1.54) is 10.0 Å². The lowest BCUT2D eigenvalue weighted by Gasteiger charge is -2.27. The number of carbonyl (C=O) groups is 2. The van der Waals surface area contributed by atoms with Crippen molar-refractivity contribution in [3.8, 4) is 0 Å². The van der Waals surface area contributed by atoms with Gasteiger partial charge in [-0.15, -0.1) is 0 Å². The lowest BCUT2D eigenvalue weighted by molar-refractivity contribution is -0.145. The lowest BCUT2D eigenvalue weighted by atomic mass is 9.92. The van der Waals surface area contributed by atoms with Gasteiger partial charge in [0.05, 0.1) is 5.69 Å². The minimum absolute atomic E-state index is 0.0163. The van der Waals surface area contributed by atoms with Crippen LogP contribution in [0.25, 0.3) is 0 Å². The van der Waals surface area contributed by atoms with Crippen LogP contribution in [0.3, 0.4) is 0 Å². The summed E-state index contributed by atoms with van der Waals surface area (Å²) in [6, 6.07) is 1.82. The summed E-state index contributed by atoms with van der Waals surface area (Å²) in [6.45, 7) is 9.92. The molecule has 1 aliphatic heterocycles. The second-order valence-electron chi connectivity index (χ2n) is 7.49. The number of aryl methyl sites for hydroxylation is 1. The second-order valence-corrected chi connectivity index (χ2v) is 7.49. The molecular weight excluding hydrogens is 320 g/mol. The predicted octanol–water partition coefficient (Wildman–Crippen LogP) is 2.12. The fourth-order valence-corrected chi connectivity index (χ4v) is 2.73. The van der Waals surface area contributed by atoms with E-state index in [0.29, 0.717) is 25.4 Å². The fourth-order valence-electron chi connectivity index (χ4n) is 2.73. The molecule has 0 aromatic carbocycles. The van der Waals surface area contributed by atoms with Crippen LogP contribution < -0.4 is 0 Å². The van der Waals surface area contributed by atoms with Gasteiger partial charge in [0.1, 0.15) is 12.3 Å². The number of hydrazine groups is 1. The molecule has 2 heterocycles. The predicted molar refractivity (Wildman–Crippen MR) is 95.0 cm³/mol. The van der Waals surface area contributed by atoms with Crippen LogP contribution in [0.15, 0.2) is 6.07 Å². The van der Waals surface area contributed by atoms with Crippen molar-refractivity contribution in [2.75, 3.05) is 26.3 Å². The molecule has 7 nitrogen and oxygen atoms in total. The first-order valence-corrected chi connectivity index (χ1v) is 9.00. The molecule has 2 rings (SSSR count). The second kappa shape index (κ2) is 7.99. The van der Waals surface area contributed by atoms with Gasteiger partial charge in [-0.2, -0.15) is 5.10 Å². The summed E-state index contributed by atoms with van der Waals surface area (Å²) in [7, 11) is 1.76. The minimum Gasteiger partial charge on any atom is -0.372 e. The number of carbonyl (C=O) groups excluding carboxylic acids is 2. The number of rotatable bonds is 6. The average molecular weight is 350 g/mol. The van der Waals surface area contributed by atoms with Gasteiger partial charge in [0.15, 0.2) is 0 Å². The van der Waals surface area contributed by atoms with Gasteiger partial charge in [0, 0.05) is 32.2 Å². The molecule has 0 spiro atoms.